The molecule has 8 nitrogen and oxygen atoms in total. The Morgan fingerprint density at radius 2 is 1.84 bits per heavy atom. The number of hydrogen-bond acceptors (Lipinski definition) is 5. The number of nitro benzene ring substituents is 1. The Morgan fingerprint density at radius 1 is 1.08 bits per heavy atom. The molecular weight excluding hydrogens is 320 g/mol. The minimum absolute atomic E-state index is 0.0340. The topological polar surface area (TPSA) is 91.7 Å². The number of nitro groups is 1. The number of benzene rings is 2. The van der Waals surface area contributed by atoms with E-state index in [2.05, 4.69) is 15.2 Å². The fourth-order valence-corrected chi connectivity index (χ4v) is 2.77. The lowest BCUT2D eigenvalue weighted by Crippen LogP contribution is -1.99. The van der Waals surface area contributed by atoms with Crippen LogP contribution in [0.2, 0.25) is 0 Å². The van der Waals surface area contributed by atoms with E-state index >= 15 is 0 Å². The van der Waals surface area contributed by atoms with Gasteiger partial charge in [-0.3, -0.25) is 10.1 Å². The zero-order chi connectivity index (χ0) is 17.6. The van der Waals surface area contributed by atoms with Crippen LogP contribution in [0.3, 0.4) is 0 Å². The van der Waals surface area contributed by atoms with Crippen molar-refractivity contribution in [2.45, 2.75) is 6.92 Å². The summed E-state index contributed by atoms with van der Waals surface area (Å²) in [5.74, 6) is 0.621. The Hall–Kier alpha value is -3.55. The average Bonchev–Trinajstić information content (AvgIpc) is 3.16. The summed E-state index contributed by atoms with van der Waals surface area (Å²) in [5.41, 5.74) is 3.62. The summed E-state index contributed by atoms with van der Waals surface area (Å²) in [4.78, 5) is 16.7. The molecular formula is C17H14N6O2. The number of nitrogens with zero attached hydrogens (tertiary/aromatic N) is 6. The van der Waals surface area contributed by atoms with Gasteiger partial charge < -0.3 is 4.57 Å². The molecule has 0 saturated heterocycles. The van der Waals surface area contributed by atoms with Crippen molar-refractivity contribution in [1.82, 2.24) is 24.5 Å². The van der Waals surface area contributed by atoms with Gasteiger partial charge in [-0.1, -0.05) is 18.2 Å². The molecule has 0 spiro atoms. The number of imidazole rings is 1. The van der Waals surface area contributed by atoms with Gasteiger partial charge >= 0.3 is 0 Å². The van der Waals surface area contributed by atoms with Gasteiger partial charge in [-0.05, 0) is 25.1 Å². The minimum atomic E-state index is -0.414. The van der Waals surface area contributed by atoms with Gasteiger partial charge in [-0.15, -0.1) is 5.10 Å². The average molecular weight is 334 g/mol. The number of fused-ring (bicyclic) bond motifs is 1. The van der Waals surface area contributed by atoms with Crippen LogP contribution >= 0.6 is 0 Å². The molecule has 0 unspecified atom stereocenters. The molecule has 0 N–H and O–H groups in total. The fourth-order valence-electron chi connectivity index (χ4n) is 2.77. The third-order valence-electron chi connectivity index (χ3n) is 4.06. The zero-order valence-electron chi connectivity index (χ0n) is 13.6. The van der Waals surface area contributed by atoms with Gasteiger partial charge in [0.05, 0.1) is 27.3 Å². The lowest BCUT2D eigenvalue weighted by molar-refractivity contribution is -0.384. The summed E-state index contributed by atoms with van der Waals surface area (Å²) >= 11 is 0. The van der Waals surface area contributed by atoms with Crippen LogP contribution in [0.25, 0.3) is 28.2 Å². The van der Waals surface area contributed by atoms with E-state index in [-0.39, 0.29) is 5.69 Å². The second-order valence-corrected chi connectivity index (χ2v) is 5.68. The van der Waals surface area contributed by atoms with Crippen molar-refractivity contribution in [2.75, 3.05) is 0 Å². The summed E-state index contributed by atoms with van der Waals surface area (Å²) in [6.07, 6.45) is 0. The summed E-state index contributed by atoms with van der Waals surface area (Å²) in [5, 5.41) is 20.0. The number of aryl methyl sites for hydroxylation is 2. The highest BCUT2D eigenvalue weighted by Crippen LogP contribution is 2.27. The largest absolute Gasteiger partial charge is 0.325 e. The van der Waals surface area contributed by atoms with Crippen LogP contribution in [-0.4, -0.2) is 29.5 Å². The van der Waals surface area contributed by atoms with Gasteiger partial charge in [0.15, 0.2) is 11.5 Å². The SMILES string of the molecule is Cc1nn(-c2ccccc2)nc1-c1nc2ccc([N+](=O)[O-])cc2n1C. The Labute approximate surface area is 142 Å². The van der Waals surface area contributed by atoms with E-state index in [1.54, 1.807) is 15.4 Å². The van der Waals surface area contributed by atoms with Crippen LogP contribution in [0.5, 0.6) is 0 Å². The lowest BCUT2D eigenvalue weighted by atomic mass is 10.3. The second kappa shape index (κ2) is 5.52. The highest BCUT2D eigenvalue weighted by molar-refractivity contribution is 5.82. The van der Waals surface area contributed by atoms with Crippen LogP contribution in [0, 0.1) is 17.0 Å². The third-order valence-corrected chi connectivity index (χ3v) is 4.06. The summed E-state index contributed by atoms with van der Waals surface area (Å²) in [6.45, 7) is 1.86. The maximum Gasteiger partial charge on any atom is 0.271 e. The smallest absolute Gasteiger partial charge is 0.271 e. The van der Waals surface area contributed by atoms with Gasteiger partial charge in [0.25, 0.3) is 5.69 Å². The van der Waals surface area contributed by atoms with Crippen molar-refractivity contribution in [3.8, 4) is 17.2 Å². The van der Waals surface area contributed by atoms with E-state index in [0.29, 0.717) is 22.6 Å². The molecule has 0 aliphatic carbocycles. The summed E-state index contributed by atoms with van der Waals surface area (Å²) in [6, 6.07) is 14.2. The maximum atomic E-state index is 11.0. The molecule has 8 heteroatoms. The van der Waals surface area contributed by atoms with E-state index in [1.165, 1.54) is 12.1 Å². The lowest BCUT2D eigenvalue weighted by Gasteiger charge is -2.00. The first kappa shape index (κ1) is 15.0. The van der Waals surface area contributed by atoms with Gasteiger partial charge in [0.1, 0.15) is 0 Å². The number of aromatic nitrogens is 5. The van der Waals surface area contributed by atoms with Crippen molar-refractivity contribution in [3.63, 3.8) is 0 Å². The van der Waals surface area contributed by atoms with Gasteiger partial charge in [0, 0.05) is 19.2 Å². The standard InChI is InChI=1S/C17H14N6O2/c1-11-16(20-22(19-11)12-6-4-3-5-7-12)17-18-14-9-8-13(23(24)25)10-15(14)21(17)2/h3-10H,1-2H3. The first-order chi connectivity index (χ1) is 12.0. The molecule has 25 heavy (non-hydrogen) atoms. The summed E-state index contributed by atoms with van der Waals surface area (Å²) in [7, 11) is 1.81. The quantitative estimate of drug-likeness (QED) is 0.424. The molecule has 4 aromatic rings. The Morgan fingerprint density at radius 3 is 2.56 bits per heavy atom. The molecule has 124 valence electrons. The molecule has 0 radical (unpaired) electrons. The van der Waals surface area contributed by atoms with E-state index in [1.807, 2.05) is 44.3 Å². The number of para-hydroxylation sites is 1. The molecule has 2 aromatic carbocycles. The summed E-state index contributed by atoms with van der Waals surface area (Å²) < 4.78 is 1.80. The molecule has 0 atom stereocenters. The van der Waals surface area contributed by atoms with Crippen molar-refractivity contribution in [3.05, 3.63) is 64.3 Å². The monoisotopic (exact) mass is 334 g/mol. The number of rotatable bonds is 3. The first-order valence-electron chi connectivity index (χ1n) is 7.65. The van der Waals surface area contributed by atoms with E-state index in [4.69, 9.17) is 0 Å². The van der Waals surface area contributed by atoms with E-state index in [9.17, 15) is 10.1 Å². The molecule has 2 aromatic heterocycles. The Bertz CT molecular complexity index is 1100. The van der Waals surface area contributed by atoms with Crippen molar-refractivity contribution < 1.29 is 4.92 Å². The van der Waals surface area contributed by atoms with Crippen LogP contribution in [0.15, 0.2) is 48.5 Å². The Kier molecular flexibility index (Phi) is 3.31. The van der Waals surface area contributed by atoms with Gasteiger partial charge in [0.2, 0.25) is 0 Å². The van der Waals surface area contributed by atoms with E-state index in [0.717, 1.165) is 11.4 Å². The predicted molar refractivity (Wildman–Crippen MR) is 92.5 cm³/mol. The van der Waals surface area contributed by atoms with Crippen molar-refractivity contribution >= 4 is 16.7 Å². The highest BCUT2D eigenvalue weighted by atomic mass is 16.6. The third kappa shape index (κ3) is 2.44. The molecule has 0 saturated carbocycles. The van der Waals surface area contributed by atoms with Gasteiger partial charge in [-0.25, -0.2) is 4.98 Å². The normalized spacial score (nSPS) is 11.1. The van der Waals surface area contributed by atoms with Crippen LogP contribution in [-0.2, 0) is 7.05 Å². The number of non-ortho nitro benzene ring substituents is 1. The molecule has 0 bridgehead atoms. The molecule has 0 aliphatic rings. The molecule has 2 heterocycles. The molecule has 0 amide bonds. The Balaban J connectivity index is 1.86. The van der Waals surface area contributed by atoms with Crippen molar-refractivity contribution in [1.29, 1.82) is 0 Å². The predicted octanol–water partition coefficient (Wildman–Crippen LogP) is 3.04. The first-order valence-corrected chi connectivity index (χ1v) is 7.65. The minimum Gasteiger partial charge on any atom is -0.325 e. The van der Waals surface area contributed by atoms with Crippen LogP contribution in [0.1, 0.15) is 5.69 Å². The van der Waals surface area contributed by atoms with Crippen LogP contribution in [0.4, 0.5) is 5.69 Å². The van der Waals surface area contributed by atoms with Gasteiger partial charge in [-0.2, -0.15) is 9.90 Å². The molecule has 4 rings (SSSR count). The molecule has 0 fully saturated rings. The van der Waals surface area contributed by atoms with E-state index < -0.39 is 4.92 Å². The highest BCUT2D eigenvalue weighted by Gasteiger charge is 2.19. The maximum absolute atomic E-state index is 11.0. The fraction of sp³-hybridized carbons (Fsp3) is 0.118. The van der Waals surface area contributed by atoms with Crippen molar-refractivity contribution in [2.24, 2.45) is 7.05 Å². The zero-order valence-corrected chi connectivity index (χ0v) is 13.6. The number of hydrogen-bond donors (Lipinski definition) is 0. The van der Waals surface area contributed by atoms with Crippen LogP contribution < -0.4 is 0 Å². The second-order valence-electron chi connectivity index (χ2n) is 5.68. The molecule has 0 aliphatic heterocycles.